The van der Waals surface area contributed by atoms with Crippen molar-refractivity contribution in [3.63, 3.8) is 0 Å². The van der Waals surface area contributed by atoms with Crippen LogP contribution in [0.1, 0.15) is 54.6 Å². The molecule has 13 nitrogen and oxygen atoms in total. The van der Waals surface area contributed by atoms with Gasteiger partial charge < -0.3 is 40.0 Å². The molecule has 0 saturated heterocycles. The minimum Gasteiger partial charge on any atom is -0.493 e. The molecule has 0 fully saturated rings. The number of methoxy groups -OCH3 is 2. The van der Waals surface area contributed by atoms with Crippen LogP contribution in [0.3, 0.4) is 0 Å². The van der Waals surface area contributed by atoms with Crippen molar-refractivity contribution < 1.29 is 38.2 Å². The van der Waals surface area contributed by atoms with Gasteiger partial charge in [0.15, 0.2) is 11.5 Å². The van der Waals surface area contributed by atoms with E-state index in [1.54, 1.807) is 38.5 Å². The summed E-state index contributed by atoms with van der Waals surface area (Å²) >= 11 is 0. The van der Waals surface area contributed by atoms with Crippen molar-refractivity contribution in [2.24, 2.45) is 5.92 Å². The minimum absolute atomic E-state index is 0.0176. The van der Waals surface area contributed by atoms with Crippen molar-refractivity contribution in [3.8, 4) is 17.2 Å². The van der Waals surface area contributed by atoms with Crippen molar-refractivity contribution in [2.75, 3.05) is 48.0 Å². The van der Waals surface area contributed by atoms with Gasteiger partial charge in [-0.2, -0.15) is 0 Å². The van der Waals surface area contributed by atoms with E-state index in [1.165, 1.54) is 23.9 Å². The second kappa shape index (κ2) is 20.0. The van der Waals surface area contributed by atoms with E-state index in [9.17, 15) is 24.0 Å². The van der Waals surface area contributed by atoms with Gasteiger partial charge in [0, 0.05) is 20.6 Å². The van der Waals surface area contributed by atoms with Crippen LogP contribution in [0.5, 0.6) is 17.2 Å². The van der Waals surface area contributed by atoms with Gasteiger partial charge in [-0.3, -0.25) is 24.0 Å². The molecular formula is C41H53N5O8. The Hall–Kier alpha value is -5.59. The van der Waals surface area contributed by atoms with Crippen molar-refractivity contribution in [3.05, 3.63) is 89.5 Å². The topological polar surface area (TPSA) is 156 Å². The molecule has 0 saturated carbocycles. The summed E-state index contributed by atoms with van der Waals surface area (Å²) in [6, 6.07) is 19.1. The van der Waals surface area contributed by atoms with E-state index in [-0.39, 0.29) is 36.9 Å². The van der Waals surface area contributed by atoms with E-state index in [1.807, 2.05) is 62.4 Å². The first-order valence-corrected chi connectivity index (χ1v) is 18.2. The fraction of sp³-hybridized carbons (Fsp3) is 0.439. The number of nitrogens with zero attached hydrogens (tertiary/aromatic N) is 2. The van der Waals surface area contributed by atoms with Crippen LogP contribution in [0.15, 0.2) is 72.8 Å². The van der Waals surface area contributed by atoms with Crippen molar-refractivity contribution in [1.82, 2.24) is 25.8 Å². The zero-order valence-corrected chi connectivity index (χ0v) is 32.1. The van der Waals surface area contributed by atoms with Crippen molar-refractivity contribution >= 4 is 29.5 Å². The van der Waals surface area contributed by atoms with Gasteiger partial charge in [-0.05, 0) is 67.0 Å². The number of carbonyl (C=O) groups is 5. The lowest BCUT2D eigenvalue weighted by molar-refractivity contribution is -0.146. The lowest BCUT2D eigenvalue weighted by atomic mass is 10.0. The summed E-state index contributed by atoms with van der Waals surface area (Å²) in [5.74, 6) is -1.01. The third-order valence-electron chi connectivity index (χ3n) is 9.25. The smallest absolute Gasteiger partial charge is 0.255 e. The lowest BCUT2D eigenvalue weighted by Crippen LogP contribution is -2.54. The Morgan fingerprint density at radius 1 is 0.907 bits per heavy atom. The van der Waals surface area contributed by atoms with Crippen LogP contribution in [-0.2, 0) is 32.0 Å². The standard InChI is InChI=1S/C41H53N5O8/c1-27(2)21-33-41(51)45(3)25-37(47)43-30(22-28-13-8-7-9-14-28)26-54-34-17-11-10-16-31(34)39(49)44-32(24-38(48)46(33)4)40(50)42-20-12-15-29-18-19-35(52-5)36(23-29)53-6/h7-11,13-14,16-19,23,27,30,32-33H,12,15,20-22,24-26H2,1-6H3,(H,42,50)(H,43,47)(H,44,49)/t30-,32+,33+/m1/s1. The summed E-state index contributed by atoms with van der Waals surface area (Å²) in [5.41, 5.74) is 2.10. The van der Waals surface area contributed by atoms with Gasteiger partial charge in [0.2, 0.25) is 23.6 Å². The SMILES string of the molecule is COc1ccc(CCCNC(=O)[C@@H]2CC(=O)N(C)[C@@H](CC(C)C)C(=O)N(C)CC(=O)N[C@H](Cc3ccccc3)COc3ccccc3C(=O)N2)cc1OC. The Kier molecular flexibility index (Phi) is 15.3. The molecule has 3 N–H and O–H groups in total. The highest BCUT2D eigenvalue weighted by molar-refractivity contribution is 6.01. The summed E-state index contributed by atoms with van der Waals surface area (Å²) in [5, 5.41) is 8.63. The fourth-order valence-corrected chi connectivity index (χ4v) is 6.31. The predicted octanol–water partition coefficient (Wildman–Crippen LogP) is 3.39. The number of benzene rings is 3. The molecule has 0 aromatic heterocycles. The maximum absolute atomic E-state index is 13.9. The van der Waals surface area contributed by atoms with Crippen LogP contribution in [0.2, 0.25) is 0 Å². The zero-order chi connectivity index (χ0) is 39.2. The van der Waals surface area contributed by atoms with Crippen molar-refractivity contribution in [2.45, 2.75) is 64.1 Å². The van der Waals surface area contributed by atoms with Crippen molar-refractivity contribution in [1.29, 1.82) is 0 Å². The first-order valence-electron chi connectivity index (χ1n) is 18.2. The normalized spacial score (nSPS) is 18.9. The summed E-state index contributed by atoms with van der Waals surface area (Å²) < 4.78 is 16.9. The molecule has 0 aliphatic carbocycles. The van der Waals surface area contributed by atoms with E-state index in [4.69, 9.17) is 14.2 Å². The highest BCUT2D eigenvalue weighted by Crippen LogP contribution is 2.28. The van der Waals surface area contributed by atoms with Gasteiger partial charge in [-0.25, -0.2) is 0 Å². The van der Waals surface area contributed by atoms with E-state index in [0.29, 0.717) is 37.2 Å². The second-order valence-electron chi connectivity index (χ2n) is 13.9. The number of aryl methyl sites for hydroxylation is 1. The van der Waals surface area contributed by atoms with E-state index < -0.39 is 54.1 Å². The molecule has 3 aromatic rings. The number of fused-ring (bicyclic) bond motifs is 1. The Bertz CT molecular complexity index is 1750. The average Bonchev–Trinajstić information content (AvgIpc) is 3.16. The number of hydrogen-bond acceptors (Lipinski definition) is 8. The molecule has 1 aliphatic rings. The highest BCUT2D eigenvalue weighted by atomic mass is 16.5. The molecule has 290 valence electrons. The molecular weight excluding hydrogens is 690 g/mol. The Balaban J connectivity index is 1.60. The van der Waals surface area contributed by atoms with Gasteiger partial charge in [0.1, 0.15) is 24.4 Å². The minimum atomic E-state index is -1.26. The van der Waals surface area contributed by atoms with E-state index in [2.05, 4.69) is 16.0 Å². The summed E-state index contributed by atoms with van der Waals surface area (Å²) in [6.07, 6.45) is 1.54. The Labute approximate surface area is 317 Å². The first kappa shape index (κ1) is 41.2. The first-order chi connectivity index (χ1) is 25.9. The number of hydrogen-bond donors (Lipinski definition) is 3. The molecule has 1 heterocycles. The quantitative estimate of drug-likeness (QED) is 0.253. The molecule has 0 bridgehead atoms. The number of nitrogens with one attached hydrogen (secondary N) is 3. The lowest BCUT2D eigenvalue weighted by Gasteiger charge is -2.32. The van der Waals surface area contributed by atoms with Gasteiger partial charge in [0.25, 0.3) is 5.91 Å². The van der Waals surface area contributed by atoms with Crippen LogP contribution in [0.25, 0.3) is 0 Å². The van der Waals surface area contributed by atoms with Crippen LogP contribution in [-0.4, -0.2) is 105 Å². The maximum atomic E-state index is 13.9. The molecule has 3 aromatic carbocycles. The number of para-hydroxylation sites is 1. The molecule has 54 heavy (non-hydrogen) atoms. The highest BCUT2D eigenvalue weighted by Gasteiger charge is 2.34. The van der Waals surface area contributed by atoms with Gasteiger partial charge in [0.05, 0.1) is 38.8 Å². The third-order valence-corrected chi connectivity index (χ3v) is 9.25. The molecule has 4 rings (SSSR count). The maximum Gasteiger partial charge on any atom is 0.255 e. The number of rotatable bonds is 11. The molecule has 5 amide bonds. The van der Waals surface area contributed by atoms with Crippen LogP contribution >= 0.6 is 0 Å². The third kappa shape index (κ3) is 11.7. The number of ether oxygens (including phenoxy) is 3. The molecule has 0 unspecified atom stereocenters. The number of likely N-dealkylation sites (N-methyl/N-ethyl adjacent to an activating group) is 2. The molecule has 1 aliphatic heterocycles. The molecule has 3 atom stereocenters. The summed E-state index contributed by atoms with van der Waals surface area (Å²) in [4.78, 5) is 71.3. The van der Waals surface area contributed by atoms with Gasteiger partial charge in [-0.1, -0.05) is 62.4 Å². The summed E-state index contributed by atoms with van der Waals surface area (Å²) in [6.45, 7) is 3.91. The van der Waals surface area contributed by atoms with Crippen LogP contribution in [0, 0.1) is 5.92 Å². The van der Waals surface area contributed by atoms with E-state index in [0.717, 1.165) is 11.1 Å². The fourth-order valence-electron chi connectivity index (χ4n) is 6.31. The van der Waals surface area contributed by atoms with Gasteiger partial charge >= 0.3 is 0 Å². The Morgan fingerprint density at radius 2 is 1.61 bits per heavy atom. The predicted molar refractivity (Wildman–Crippen MR) is 204 cm³/mol. The molecule has 0 radical (unpaired) electrons. The van der Waals surface area contributed by atoms with E-state index >= 15 is 0 Å². The summed E-state index contributed by atoms with van der Waals surface area (Å²) in [7, 11) is 6.17. The number of carbonyl (C=O) groups excluding carboxylic acids is 5. The van der Waals surface area contributed by atoms with Gasteiger partial charge in [-0.15, -0.1) is 0 Å². The van der Waals surface area contributed by atoms with Crippen LogP contribution in [0.4, 0.5) is 0 Å². The zero-order valence-electron chi connectivity index (χ0n) is 32.1. The van der Waals surface area contributed by atoms with Crippen LogP contribution < -0.4 is 30.2 Å². The molecule has 0 spiro atoms. The monoisotopic (exact) mass is 743 g/mol. The molecule has 13 heteroatoms. The second-order valence-corrected chi connectivity index (χ2v) is 13.9. The number of amides is 5. The Morgan fingerprint density at radius 3 is 2.31 bits per heavy atom. The average molecular weight is 744 g/mol. The largest absolute Gasteiger partial charge is 0.493 e.